The summed E-state index contributed by atoms with van der Waals surface area (Å²) in [4.78, 5) is 20.0. The smallest absolute Gasteiger partial charge is 0.316 e. The van der Waals surface area contributed by atoms with E-state index in [0.717, 1.165) is 18.8 Å². The van der Waals surface area contributed by atoms with Crippen molar-refractivity contribution in [1.29, 1.82) is 0 Å². The highest BCUT2D eigenvalue weighted by Gasteiger charge is 2.32. The van der Waals surface area contributed by atoms with Crippen LogP contribution in [0.1, 0.15) is 33.6 Å². The van der Waals surface area contributed by atoms with Crippen molar-refractivity contribution in [3.63, 3.8) is 0 Å². The Morgan fingerprint density at radius 1 is 1.20 bits per heavy atom. The Bertz CT molecular complexity index is 208. The van der Waals surface area contributed by atoms with E-state index in [1.165, 1.54) is 7.11 Å². The summed E-state index contributed by atoms with van der Waals surface area (Å²) in [6.07, 6.45) is 1.82. The van der Waals surface area contributed by atoms with Crippen molar-refractivity contribution < 1.29 is 14.6 Å². The average molecular weight is 215 g/mol. The van der Waals surface area contributed by atoms with Crippen LogP contribution in [0.3, 0.4) is 0 Å². The van der Waals surface area contributed by atoms with E-state index < -0.39 is 6.09 Å². The van der Waals surface area contributed by atoms with Crippen LogP contribution in [0.5, 0.6) is 0 Å². The van der Waals surface area contributed by atoms with E-state index in [4.69, 9.17) is 0 Å². The van der Waals surface area contributed by atoms with Crippen LogP contribution in [-0.4, -0.2) is 19.2 Å². The molecule has 0 bridgehead atoms. The average Bonchev–Trinajstić information content (AvgIpc) is 2.11. The molecular weight excluding hydrogens is 194 g/mol. The summed E-state index contributed by atoms with van der Waals surface area (Å²) in [7, 11) is 1.33. The number of carbonyl (C=O) groups excluding carboxylic acids is 1. The molecule has 2 atom stereocenters. The van der Waals surface area contributed by atoms with Gasteiger partial charge in [0.1, 0.15) is 0 Å². The minimum absolute atomic E-state index is 0.198. The molecule has 1 fully saturated rings. The standard InChI is InChI=1S/C11H21NO3/c1-7-5-8(2)10(9(3)6-7)12-11(13)15-14-4/h7-10H,5-6H2,1-4H3,(H,12,13). The highest BCUT2D eigenvalue weighted by atomic mass is 17.2. The molecule has 1 aliphatic carbocycles. The van der Waals surface area contributed by atoms with Crippen LogP contribution < -0.4 is 5.32 Å². The first-order valence-corrected chi connectivity index (χ1v) is 5.55. The molecule has 0 aromatic heterocycles. The predicted molar refractivity (Wildman–Crippen MR) is 57.1 cm³/mol. The molecule has 1 N–H and O–H groups in total. The van der Waals surface area contributed by atoms with Gasteiger partial charge in [-0.15, -0.1) is 0 Å². The topological polar surface area (TPSA) is 47.6 Å². The molecule has 0 radical (unpaired) electrons. The summed E-state index contributed by atoms with van der Waals surface area (Å²) in [5, 5.41) is 2.85. The van der Waals surface area contributed by atoms with E-state index in [0.29, 0.717) is 11.8 Å². The van der Waals surface area contributed by atoms with Gasteiger partial charge in [0.15, 0.2) is 0 Å². The molecule has 0 aromatic carbocycles. The summed E-state index contributed by atoms with van der Waals surface area (Å²) in [5.74, 6) is 1.73. The van der Waals surface area contributed by atoms with Crippen LogP contribution in [0.4, 0.5) is 4.79 Å². The normalized spacial score (nSPS) is 36.0. The maximum Gasteiger partial charge on any atom is 0.438 e. The zero-order chi connectivity index (χ0) is 11.4. The van der Waals surface area contributed by atoms with Gasteiger partial charge < -0.3 is 5.32 Å². The van der Waals surface area contributed by atoms with Crippen molar-refractivity contribution in [3.05, 3.63) is 0 Å². The molecule has 0 aliphatic heterocycles. The van der Waals surface area contributed by atoms with Crippen molar-refractivity contribution >= 4 is 6.09 Å². The largest absolute Gasteiger partial charge is 0.438 e. The second-order valence-electron chi connectivity index (χ2n) is 4.74. The van der Waals surface area contributed by atoms with Crippen LogP contribution in [-0.2, 0) is 9.78 Å². The maximum atomic E-state index is 11.2. The Balaban J connectivity index is 2.48. The molecule has 1 aliphatic rings. The van der Waals surface area contributed by atoms with Crippen LogP contribution >= 0.6 is 0 Å². The van der Waals surface area contributed by atoms with Crippen molar-refractivity contribution in [2.24, 2.45) is 17.8 Å². The van der Waals surface area contributed by atoms with Crippen molar-refractivity contribution in [1.82, 2.24) is 5.32 Å². The third-order valence-electron chi connectivity index (χ3n) is 3.22. The minimum Gasteiger partial charge on any atom is -0.316 e. The lowest BCUT2D eigenvalue weighted by Gasteiger charge is -2.37. The zero-order valence-corrected chi connectivity index (χ0v) is 9.95. The van der Waals surface area contributed by atoms with Crippen LogP contribution in [0.25, 0.3) is 0 Å². The number of nitrogens with one attached hydrogen (secondary N) is 1. The van der Waals surface area contributed by atoms with Gasteiger partial charge in [-0.1, -0.05) is 20.8 Å². The third-order valence-corrected chi connectivity index (χ3v) is 3.22. The van der Waals surface area contributed by atoms with Crippen molar-refractivity contribution in [2.75, 3.05) is 7.11 Å². The first kappa shape index (κ1) is 12.3. The van der Waals surface area contributed by atoms with Gasteiger partial charge in [0.2, 0.25) is 0 Å². The van der Waals surface area contributed by atoms with Gasteiger partial charge in [0, 0.05) is 6.04 Å². The van der Waals surface area contributed by atoms with E-state index >= 15 is 0 Å². The quantitative estimate of drug-likeness (QED) is 0.568. The Hall–Kier alpha value is -0.770. The fourth-order valence-corrected chi connectivity index (χ4v) is 2.74. The van der Waals surface area contributed by atoms with Gasteiger partial charge in [-0.2, -0.15) is 4.89 Å². The molecule has 0 heterocycles. The minimum atomic E-state index is -0.490. The lowest BCUT2D eigenvalue weighted by Crippen LogP contribution is -2.47. The molecule has 88 valence electrons. The molecular formula is C11H21NO3. The molecule has 1 amide bonds. The summed E-state index contributed by atoms with van der Waals surface area (Å²) >= 11 is 0. The SMILES string of the molecule is COOC(=O)NC1C(C)CC(C)CC1C. The molecule has 4 heteroatoms. The second kappa shape index (κ2) is 5.35. The number of carbonyl (C=O) groups is 1. The van der Waals surface area contributed by atoms with E-state index in [2.05, 4.69) is 35.9 Å². The highest BCUT2D eigenvalue weighted by Crippen LogP contribution is 2.32. The fraction of sp³-hybridized carbons (Fsp3) is 0.909. The van der Waals surface area contributed by atoms with Gasteiger partial charge in [0.05, 0.1) is 7.11 Å². The molecule has 1 rings (SSSR count). The van der Waals surface area contributed by atoms with Crippen molar-refractivity contribution in [2.45, 2.75) is 39.7 Å². The number of hydrogen-bond acceptors (Lipinski definition) is 3. The van der Waals surface area contributed by atoms with E-state index in [-0.39, 0.29) is 6.04 Å². The zero-order valence-electron chi connectivity index (χ0n) is 9.95. The summed E-state index contributed by atoms with van der Waals surface area (Å²) < 4.78 is 0. The molecule has 0 aromatic rings. The molecule has 0 spiro atoms. The molecule has 0 saturated heterocycles. The Labute approximate surface area is 91.3 Å². The number of amides is 1. The summed E-state index contributed by atoms with van der Waals surface area (Å²) in [6.45, 7) is 6.60. The van der Waals surface area contributed by atoms with Gasteiger partial charge >= 0.3 is 6.09 Å². The Kier molecular flexibility index (Phi) is 4.39. The maximum absolute atomic E-state index is 11.2. The van der Waals surface area contributed by atoms with Gasteiger partial charge in [-0.05, 0) is 30.6 Å². The summed E-state index contributed by atoms with van der Waals surface area (Å²) in [6, 6.07) is 0.198. The Morgan fingerprint density at radius 2 is 1.73 bits per heavy atom. The molecule has 1 saturated carbocycles. The summed E-state index contributed by atoms with van der Waals surface area (Å²) in [5.41, 5.74) is 0. The lowest BCUT2D eigenvalue weighted by molar-refractivity contribution is -0.214. The molecule has 2 unspecified atom stereocenters. The van der Waals surface area contributed by atoms with Gasteiger partial charge in [-0.3, -0.25) is 4.89 Å². The van der Waals surface area contributed by atoms with Crippen LogP contribution in [0.15, 0.2) is 0 Å². The second-order valence-corrected chi connectivity index (χ2v) is 4.74. The molecule has 15 heavy (non-hydrogen) atoms. The van der Waals surface area contributed by atoms with E-state index in [9.17, 15) is 4.79 Å². The highest BCUT2D eigenvalue weighted by molar-refractivity contribution is 5.66. The number of rotatable bonds is 2. The third kappa shape index (κ3) is 3.38. The Morgan fingerprint density at radius 3 is 2.20 bits per heavy atom. The lowest BCUT2D eigenvalue weighted by atomic mass is 9.74. The first-order valence-electron chi connectivity index (χ1n) is 5.55. The van der Waals surface area contributed by atoms with Crippen LogP contribution in [0.2, 0.25) is 0 Å². The van der Waals surface area contributed by atoms with Crippen molar-refractivity contribution in [3.8, 4) is 0 Å². The predicted octanol–water partition coefficient (Wildman–Crippen LogP) is 2.34. The molecule has 4 nitrogen and oxygen atoms in total. The monoisotopic (exact) mass is 215 g/mol. The van der Waals surface area contributed by atoms with Gasteiger partial charge in [-0.25, -0.2) is 4.79 Å². The first-order chi connectivity index (χ1) is 7.04. The fourth-order valence-electron chi connectivity index (χ4n) is 2.74. The van der Waals surface area contributed by atoms with Gasteiger partial charge in [0.25, 0.3) is 0 Å². The van der Waals surface area contributed by atoms with E-state index in [1.54, 1.807) is 0 Å². The number of hydrogen-bond donors (Lipinski definition) is 1. The van der Waals surface area contributed by atoms with Crippen LogP contribution in [0, 0.1) is 17.8 Å². The van der Waals surface area contributed by atoms with E-state index in [1.807, 2.05) is 0 Å².